The van der Waals surface area contributed by atoms with Gasteiger partial charge in [-0.05, 0) is 30.5 Å². The van der Waals surface area contributed by atoms with Crippen LogP contribution in [0.15, 0.2) is 54.6 Å². The predicted octanol–water partition coefficient (Wildman–Crippen LogP) is 4.39. The third-order valence-electron chi connectivity index (χ3n) is 4.63. The molecule has 2 amide bonds. The number of unbranched alkanes of at least 4 members (excludes halogenated alkanes) is 1. The average molecular weight is 417 g/mol. The SMILES string of the molecule is CCCCNC(=O)[C@@H](C)N(Cc1ccccc1)C(=O)CSCc1ccccc1F. The summed E-state index contributed by atoms with van der Waals surface area (Å²) < 4.78 is 13.8. The van der Waals surface area contributed by atoms with Crippen LogP contribution in [0.4, 0.5) is 4.39 Å². The molecule has 4 nitrogen and oxygen atoms in total. The monoisotopic (exact) mass is 416 g/mol. The Morgan fingerprint density at radius 1 is 1.10 bits per heavy atom. The van der Waals surface area contributed by atoms with Crippen LogP contribution in [0.1, 0.15) is 37.8 Å². The number of benzene rings is 2. The summed E-state index contributed by atoms with van der Waals surface area (Å²) in [5.74, 6) is 0.0509. The van der Waals surface area contributed by atoms with Crippen LogP contribution < -0.4 is 5.32 Å². The summed E-state index contributed by atoms with van der Waals surface area (Å²) in [6.07, 6.45) is 1.90. The van der Waals surface area contributed by atoms with E-state index in [1.54, 1.807) is 30.0 Å². The minimum atomic E-state index is -0.575. The van der Waals surface area contributed by atoms with E-state index in [9.17, 15) is 14.0 Å². The summed E-state index contributed by atoms with van der Waals surface area (Å²) in [6, 6.07) is 15.6. The summed E-state index contributed by atoms with van der Waals surface area (Å²) in [4.78, 5) is 27.1. The highest BCUT2D eigenvalue weighted by Crippen LogP contribution is 2.17. The molecule has 6 heteroatoms. The Bertz CT molecular complexity index is 785. The third kappa shape index (κ3) is 7.54. The molecule has 0 heterocycles. The van der Waals surface area contributed by atoms with Crippen LogP contribution >= 0.6 is 11.8 Å². The van der Waals surface area contributed by atoms with Crippen LogP contribution in [0.3, 0.4) is 0 Å². The van der Waals surface area contributed by atoms with Gasteiger partial charge in [0.05, 0.1) is 5.75 Å². The lowest BCUT2D eigenvalue weighted by molar-refractivity contribution is -0.138. The Kier molecular flexibility index (Phi) is 9.71. The highest BCUT2D eigenvalue weighted by Gasteiger charge is 2.25. The molecule has 156 valence electrons. The van der Waals surface area contributed by atoms with E-state index in [0.29, 0.717) is 24.4 Å². The Morgan fingerprint density at radius 2 is 1.79 bits per heavy atom. The number of halogens is 1. The molecule has 0 spiro atoms. The van der Waals surface area contributed by atoms with Crippen LogP contribution in [0.5, 0.6) is 0 Å². The van der Waals surface area contributed by atoms with Gasteiger partial charge in [0.25, 0.3) is 0 Å². The van der Waals surface area contributed by atoms with Crippen LogP contribution in [-0.4, -0.2) is 35.1 Å². The van der Waals surface area contributed by atoms with Gasteiger partial charge in [-0.15, -0.1) is 11.8 Å². The summed E-state index contributed by atoms with van der Waals surface area (Å²) in [5, 5.41) is 2.90. The smallest absolute Gasteiger partial charge is 0.242 e. The molecular formula is C23H29FN2O2S. The number of nitrogens with zero attached hydrogens (tertiary/aromatic N) is 1. The lowest BCUT2D eigenvalue weighted by Gasteiger charge is -2.28. The van der Waals surface area contributed by atoms with E-state index in [1.165, 1.54) is 17.8 Å². The molecule has 0 radical (unpaired) electrons. The number of carbonyl (C=O) groups is 2. The molecule has 0 saturated heterocycles. The summed E-state index contributed by atoms with van der Waals surface area (Å²) in [5.41, 5.74) is 1.54. The van der Waals surface area contributed by atoms with Crippen LogP contribution in [0, 0.1) is 5.82 Å². The summed E-state index contributed by atoms with van der Waals surface area (Å²) >= 11 is 1.36. The lowest BCUT2D eigenvalue weighted by Crippen LogP contribution is -2.48. The first-order valence-corrected chi connectivity index (χ1v) is 11.1. The van der Waals surface area contributed by atoms with Gasteiger partial charge in [0, 0.05) is 18.8 Å². The topological polar surface area (TPSA) is 49.4 Å². The van der Waals surface area contributed by atoms with Gasteiger partial charge in [0.15, 0.2) is 0 Å². The van der Waals surface area contributed by atoms with Crippen molar-refractivity contribution in [3.63, 3.8) is 0 Å². The van der Waals surface area contributed by atoms with Gasteiger partial charge in [0.2, 0.25) is 11.8 Å². The van der Waals surface area contributed by atoms with Crippen molar-refractivity contribution in [1.82, 2.24) is 10.2 Å². The maximum absolute atomic E-state index is 13.8. The Balaban J connectivity index is 2.01. The number of amides is 2. The molecule has 0 bridgehead atoms. The maximum atomic E-state index is 13.8. The number of nitrogens with one attached hydrogen (secondary N) is 1. The van der Waals surface area contributed by atoms with Crippen molar-refractivity contribution in [2.45, 2.75) is 45.0 Å². The van der Waals surface area contributed by atoms with E-state index in [0.717, 1.165) is 18.4 Å². The van der Waals surface area contributed by atoms with Gasteiger partial charge in [-0.25, -0.2) is 4.39 Å². The molecule has 0 aliphatic heterocycles. The zero-order valence-corrected chi connectivity index (χ0v) is 17.9. The molecule has 1 N–H and O–H groups in total. The normalized spacial score (nSPS) is 11.7. The van der Waals surface area contributed by atoms with Crippen molar-refractivity contribution in [2.75, 3.05) is 12.3 Å². The highest BCUT2D eigenvalue weighted by molar-refractivity contribution is 7.99. The minimum absolute atomic E-state index is 0.131. The molecule has 2 rings (SSSR count). The predicted molar refractivity (Wildman–Crippen MR) is 117 cm³/mol. The molecule has 0 saturated carbocycles. The van der Waals surface area contributed by atoms with Crippen molar-refractivity contribution >= 4 is 23.6 Å². The third-order valence-corrected chi connectivity index (χ3v) is 5.60. The first kappa shape index (κ1) is 22.9. The minimum Gasteiger partial charge on any atom is -0.354 e. The molecular weight excluding hydrogens is 387 g/mol. The van der Waals surface area contributed by atoms with Gasteiger partial charge in [-0.1, -0.05) is 61.9 Å². The molecule has 0 fully saturated rings. The number of hydrogen-bond acceptors (Lipinski definition) is 3. The van der Waals surface area contributed by atoms with Gasteiger partial charge in [-0.3, -0.25) is 9.59 Å². The first-order chi connectivity index (χ1) is 14.0. The maximum Gasteiger partial charge on any atom is 0.242 e. The van der Waals surface area contributed by atoms with E-state index >= 15 is 0 Å². The van der Waals surface area contributed by atoms with Gasteiger partial charge >= 0.3 is 0 Å². The fraction of sp³-hybridized carbons (Fsp3) is 0.391. The van der Waals surface area contributed by atoms with Crippen molar-refractivity contribution in [3.05, 3.63) is 71.5 Å². The molecule has 2 aromatic carbocycles. The zero-order valence-electron chi connectivity index (χ0n) is 17.1. The van der Waals surface area contributed by atoms with Crippen LogP contribution in [-0.2, 0) is 21.9 Å². The first-order valence-electron chi connectivity index (χ1n) is 9.95. The highest BCUT2D eigenvalue weighted by atomic mass is 32.2. The Morgan fingerprint density at radius 3 is 2.48 bits per heavy atom. The number of hydrogen-bond donors (Lipinski definition) is 1. The van der Waals surface area contributed by atoms with Crippen LogP contribution in [0.2, 0.25) is 0 Å². The van der Waals surface area contributed by atoms with E-state index in [2.05, 4.69) is 12.2 Å². The number of thioether (sulfide) groups is 1. The summed E-state index contributed by atoms with van der Waals surface area (Å²) in [7, 11) is 0. The largest absolute Gasteiger partial charge is 0.354 e. The van der Waals surface area contributed by atoms with Crippen molar-refractivity contribution in [1.29, 1.82) is 0 Å². The molecule has 29 heavy (non-hydrogen) atoms. The van der Waals surface area contributed by atoms with E-state index in [4.69, 9.17) is 0 Å². The van der Waals surface area contributed by atoms with E-state index in [1.807, 2.05) is 30.3 Å². The van der Waals surface area contributed by atoms with E-state index in [-0.39, 0.29) is 23.4 Å². The van der Waals surface area contributed by atoms with Crippen LogP contribution in [0.25, 0.3) is 0 Å². The standard InChI is InChI=1S/C23H29FN2O2S/c1-3-4-14-25-23(28)18(2)26(15-19-10-6-5-7-11-19)22(27)17-29-16-20-12-8-9-13-21(20)24/h5-13,18H,3-4,14-17H2,1-2H3,(H,25,28)/t18-/m1/s1. The molecule has 0 unspecified atom stereocenters. The van der Waals surface area contributed by atoms with Crippen molar-refractivity contribution in [3.8, 4) is 0 Å². The number of carbonyl (C=O) groups excluding carboxylic acids is 2. The molecule has 1 atom stereocenters. The second-order valence-corrected chi connectivity index (χ2v) is 7.90. The van der Waals surface area contributed by atoms with Gasteiger partial charge in [0.1, 0.15) is 11.9 Å². The lowest BCUT2D eigenvalue weighted by atomic mass is 10.1. The molecule has 0 aromatic heterocycles. The van der Waals surface area contributed by atoms with Gasteiger partial charge < -0.3 is 10.2 Å². The molecule has 2 aromatic rings. The Labute approximate surface area is 176 Å². The number of rotatable bonds is 11. The van der Waals surface area contributed by atoms with Crippen molar-refractivity contribution < 1.29 is 14.0 Å². The summed E-state index contributed by atoms with van der Waals surface area (Å²) in [6.45, 7) is 4.79. The van der Waals surface area contributed by atoms with Crippen molar-refractivity contribution in [2.24, 2.45) is 0 Å². The molecule has 0 aliphatic rings. The fourth-order valence-electron chi connectivity index (χ4n) is 2.85. The fourth-order valence-corrected chi connectivity index (χ4v) is 3.74. The average Bonchev–Trinajstić information content (AvgIpc) is 2.73. The quantitative estimate of drug-likeness (QED) is 0.553. The second kappa shape index (κ2) is 12.3. The zero-order chi connectivity index (χ0) is 21.1. The van der Waals surface area contributed by atoms with E-state index < -0.39 is 6.04 Å². The second-order valence-electron chi connectivity index (χ2n) is 6.91. The molecule has 0 aliphatic carbocycles. The van der Waals surface area contributed by atoms with Gasteiger partial charge in [-0.2, -0.15) is 0 Å². The Hall–Kier alpha value is -2.34.